The highest BCUT2D eigenvalue weighted by Gasteiger charge is 2.08. The summed E-state index contributed by atoms with van der Waals surface area (Å²) in [5.41, 5.74) is 1.30. The van der Waals surface area contributed by atoms with Crippen molar-refractivity contribution in [2.75, 3.05) is 0 Å². The predicted molar refractivity (Wildman–Crippen MR) is 65.6 cm³/mol. The lowest BCUT2D eigenvalue weighted by atomic mass is 10.0. The molecule has 0 saturated carbocycles. The van der Waals surface area contributed by atoms with E-state index in [2.05, 4.69) is 39.6 Å². The van der Waals surface area contributed by atoms with Crippen LogP contribution in [0.2, 0.25) is 0 Å². The van der Waals surface area contributed by atoms with E-state index in [9.17, 15) is 0 Å². The second kappa shape index (κ2) is 8.05. The van der Waals surface area contributed by atoms with Gasteiger partial charge in [0.1, 0.15) is 0 Å². The van der Waals surface area contributed by atoms with Crippen molar-refractivity contribution in [3.63, 3.8) is 0 Å². The molecule has 1 unspecified atom stereocenters. The van der Waals surface area contributed by atoms with Gasteiger partial charge >= 0.3 is 0 Å². The molecule has 1 nitrogen and oxygen atoms in total. The Kier molecular flexibility index (Phi) is 7.87. The van der Waals surface area contributed by atoms with Crippen LogP contribution in [0.25, 0.3) is 0 Å². The zero-order valence-electron chi connectivity index (χ0n) is 10.4. The fraction of sp³-hybridized carbons (Fsp3) is 0.846. The standard InChI is InChI=1S/C13H27N/c1-6-7-8-13(14-12(4)5)10-9-11(2)3/h12-14H,2,6-10H2,1,3-5H3. The van der Waals surface area contributed by atoms with E-state index in [0.29, 0.717) is 12.1 Å². The highest BCUT2D eigenvalue weighted by Crippen LogP contribution is 2.11. The highest BCUT2D eigenvalue weighted by molar-refractivity contribution is 4.89. The molecule has 1 heteroatoms. The van der Waals surface area contributed by atoms with E-state index >= 15 is 0 Å². The lowest BCUT2D eigenvalue weighted by molar-refractivity contribution is 0.406. The molecule has 0 spiro atoms. The van der Waals surface area contributed by atoms with Crippen LogP contribution in [0.3, 0.4) is 0 Å². The van der Waals surface area contributed by atoms with Crippen LogP contribution in [0.1, 0.15) is 59.8 Å². The van der Waals surface area contributed by atoms with Crippen molar-refractivity contribution in [3.05, 3.63) is 12.2 Å². The number of allylic oxidation sites excluding steroid dienone is 1. The third-order valence-electron chi connectivity index (χ3n) is 2.39. The van der Waals surface area contributed by atoms with Crippen LogP contribution in [0.4, 0.5) is 0 Å². The molecule has 0 amide bonds. The summed E-state index contributed by atoms with van der Waals surface area (Å²) in [5.74, 6) is 0. The van der Waals surface area contributed by atoms with Gasteiger partial charge in [-0.3, -0.25) is 0 Å². The average molecular weight is 197 g/mol. The monoisotopic (exact) mass is 197 g/mol. The Morgan fingerprint density at radius 3 is 2.36 bits per heavy atom. The van der Waals surface area contributed by atoms with Gasteiger partial charge in [-0.2, -0.15) is 0 Å². The summed E-state index contributed by atoms with van der Waals surface area (Å²) in [6, 6.07) is 1.29. The first-order chi connectivity index (χ1) is 6.56. The van der Waals surface area contributed by atoms with Gasteiger partial charge in [0.05, 0.1) is 0 Å². The van der Waals surface area contributed by atoms with Gasteiger partial charge in [0.25, 0.3) is 0 Å². The highest BCUT2D eigenvalue weighted by atomic mass is 14.9. The zero-order valence-corrected chi connectivity index (χ0v) is 10.4. The van der Waals surface area contributed by atoms with Crippen molar-refractivity contribution in [1.29, 1.82) is 0 Å². The average Bonchev–Trinajstić information content (AvgIpc) is 2.09. The van der Waals surface area contributed by atoms with E-state index in [1.54, 1.807) is 0 Å². The van der Waals surface area contributed by atoms with Gasteiger partial charge < -0.3 is 5.32 Å². The molecule has 0 aliphatic carbocycles. The minimum Gasteiger partial charge on any atom is -0.312 e. The second-order valence-electron chi connectivity index (χ2n) is 4.66. The van der Waals surface area contributed by atoms with Gasteiger partial charge in [0.2, 0.25) is 0 Å². The second-order valence-corrected chi connectivity index (χ2v) is 4.66. The summed E-state index contributed by atoms with van der Waals surface area (Å²) < 4.78 is 0. The molecule has 0 aliphatic rings. The largest absolute Gasteiger partial charge is 0.312 e. The normalized spacial score (nSPS) is 13.2. The summed E-state index contributed by atoms with van der Waals surface area (Å²) in [6.45, 7) is 12.8. The maximum Gasteiger partial charge on any atom is 0.00724 e. The Labute approximate surface area is 90.0 Å². The van der Waals surface area contributed by atoms with E-state index in [1.807, 2.05) is 0 Å². The number of nitrogens with one attached hydrogen (secondary N) is 1. The fourth-order valence-corrected chi connectivity index (χ4v) is 1.65. The molecule has 0 aromatic carbocycles. The quantitative estimate of drug-likeness (QED) is 0.582. The zero-order chi connectivity index (χ0) is 11.0. The molecule has 0 radical (unpaired) electrons. The molecule has 0 aliphatic heterocycles. The predicted octanol–water partition coefficient (Wildman–Crippen LogP) is 3.90. The maximum absolute atomic E-state index is 3.96. The first kappa shape index (κ1) is 13.7. The van der Waals surface area contributed by atoms with Crippen molar-refractivity contribution in [3.8, 4) is 0 Å². The van der Waals surface area contributed by atoms with Crippen LogP contribution < -0.4 is 5.32 Å². The molecule has 0 heterocycles. The number of unbranched alkanes of at least 4 members (excludes halogenated alkanes) is 1. The van der Waals surface area contributed by atoms with Gasteiger partial charge in [-0.15, -0.1) is 6.58 Å². The Bertz CT molecular complexity index is 149. The van der Waals surface area contributed by atoms with Gasteiger partial charge in [0.15, 0.2) is 0 Å². The van der Waals surface area contributed by atoms with Crippen molar-refractivity contribution < 1.29 is 0 Å². The van der Waals surface area contributed by atoms with Crippen molar-refractivity contribution in [2.24, 2.45) is 0 Å². The maximum atomic E-state index is 3.96. The topological polar surface area (TPSA) is 12.0 Å². The van der Waals surface area contributed by atoms with E-state index in [4.69, 9.17) is 0 Å². The molecule has 0 bridgehead atoms. The van der Waals surface area contributed by atoms with Gasteiger partial charge in [-0.25, -0.2) is 0 Å². The van der Waals surface area contributed by atoms with Crippen LogP contribution in [0.5, 0.6) is 0 Å². The SMILES string of the molecule is C=C(C)CCC(CCCC)NC(C)C. The molecule has 0 aromatic rings. The summed E-state index contributed by atoms with van der Waals surface area (Å²) in [5, 5.41) is 3.63. The number of rotatable bonds is 8. The Morgan fingerprint density at radius 2 is 1.93 bits per heavy atom. The van der Waals surface area contributed by atoms with Gasteiger partial charge in [-0.05, 0) is 26.2 Å². The summed E-state index contributed by atoms with van der Waals surface area (Å²) in [4.78, 5) is 0. The molecule has 1 atom stereocenters. The Hall–Kier alpha value is -0.300. The molecule has 1 N–H and O–H groups in total. The lowest BCUT2D eigenvalue weighted by Gasteiger charge is -2.21. The van der Waals surface area contributed by atoms with E-state index in [-0.39, 0.29) is 0 Å². The Morgan fingerprint density at radius 1 is 1.29 bits per heavy atom. The Balaban J connectivity index is 3.77. The number of hydrogen-bond acceptors (Lipinski definition) is 1. The lowest BCUT2D eigenvalue weighted by Crippen LogP contribution is -2.34. The van der Waals surface area contributed by atoms with Crippen molar-refractivity contribution in [2.45, 2.75) is 71.9 Å². The third kappa shape index (κ3) is 8.31. The fourth-order valence-electron chi connectivity index (χ4n) is 1.65. The van der Waals surface area contributed by atoms with Crippen LogP contribution in [-0.2, 0) is 0 Å². The molecular weight excluding hydrogens is 170 g/mol. The van der Waals surface area contributed by atoms with Crippen LogP contribution >= 0.6 is 0 Å². The summed E-state index contributed by atoms with van der Waals surface area (Å²) in [7, 11) is 0. The first-order valence-electron chi connectivity index (χ1n) is 5.96. The third-order valence-corrected chi connectivity index (χ3v) is 2.39. The van der Waals surface area contributed by atoms with E-state index < -0.39 is 0 Å². The first-order valence-corrected chi connectivity index (χ1v) is 5.96. The molecule has 84 valence electrons. The minimum absolute atomic E-state index is 0.599. The minimum atomic E-state index is 0.599. The molecule has 14 heavy (non-hydrogen) atoms. The summed E-state index contributed by atoms with van der Waals surface area (Å²) in [6.07, 6.45) is 6.34. The number of hydrogen-bond donors (Lipinski definition) is 1. The van der Waals surface area contributed by atoms with Crippen LogP contribution in [-0.4, -0.2) is 12.1 Å². The van der Waals surface area contributed by atoms with Gasteiger partial charge in [-0.1, -0.05) is 39.2 Å². The van der Waals surface area contributed by atoms with Crippen LogP contribution in [0, 0.1) is 0 Å². The smallest absolute Gasteiger partial charge is 0.00724 e. The van der Waals surface area contributed by atoms with Crippen molar-refractivity contribution in [1.82, 2.24) is 5.32 Å². The molecule has 0 fully saturated rings. The van der Waals surface area contributed by atoms with Crippen LogP contribution in [0.15, 0.2) is 12.2 Å². The van der Waals surface area contributed by atoms with E-state index in [0.717, 1.165) is 6.42 Å². The van der Waals surface area contributed by atoms with Gasteiger partial charge in [0, 0.05) is 12.1 Å². The summed E-state index contributed by atoms with van der Waals surface area (Å²) >= 11 is 0. The van der Waals surface area contributed by atoms with E-state index in [1.165, 1.54) is 31.3 Å². The molecular formula is C13H27N. The molecule has 0 aromatic heterocycles. The van der Waals surface area contributed by atoms with Crippen molar-refractivity contribution >= 4 is 0 Å². The molecule has 0 saturated heterocycles. The molecule has 0 rings (SSSR count).